The highest BCUT2D eigenvalue weighted by Crippen LogP contribution is 2.37. The smallest absolute Gasteiger partial charge is 0.253 e. The number of carbonyl (C=O) groups is 1. The van der Waals surface area contributed by atoms with Crippen molar-refractivity contribution in [3.63, 3.8) is 0 Å². The van der Waals surface area contributed by atoms with Gasteiger partial charge in [0, 0.05) is 64.0 Å². The van der Waals surface area contributed by atoms with Crippen molar-refractivity contribution in [2.45, 2.75) is 51.6 Å². The van der Waals surface area contributed by atoms with Gasteiger partial charge in [0.25, 0.3) is 5.91 Å². The molecule has 1 atom stereocenters. The van der Waals surface area contributed by atoms with Crippen molar-refractivity contribution in [1.29, 1.82) is 0 Å². The highest BCUT2D eigenvalue weighted by atomic mass is 35.5. The number of aromatic nitrogens is 1. The van der Waals surface area contributed by atoms with Crippen molar-refractivity contribution < 1.29 is 4.79 Å². The molecule has 1 aliphatic rings. The third kappa shape index (κ3) is 6.72. The minimum atomic E-state index is -0.0122. The molecule has 1 amide bonds. The van der Waals surface area contributed by atoms with E-state index < -0.39 is 0 Å². The van der Waals surface area contributed by atoms with Gasteiger partial charge in [0.2, 0.25) is 0 Å². The summed E-state index contributed by atoms with van der Waals surface area (Å²) in [6, 6.07) is 20.2. The minimum absolute atomic E-state index is 0.0122. The molecular weight excluding hydrogens is 545 g/mol. The van der Waals surface area contributed by atoms with Crippen molar-refractivity contribution in [2.24, 2.45) is 0 Å². The standard InChI is InChI=1S/C32H33Cl2N3OS/c1-32(2,3)30-17-22(12-13-35-30)24-16-29(39-20-24)27-11-8-23(15-28(27)34)31(38)37-14-4-5-26(19-37)36-18-21-6-9-25(33)10-7-21/h6-13,15-17,20,26,36H,4-5,14,18-19H2,1-3H3/t26-/m1/s1. The topological polar surface area (TPSA) is 45.2 Å². The second kappa shape index (κ2) is 11.8. The number of rotatable bonds is 6. The number of carbonyl (C=O) groups excluding carboxylic acids is 1. The summed E-state index contributed by atoms with van der Waals surface area (Å²) in [5, 5.41) is 7.08. The van der Waals surface area contributed by atoms with Gasteiger partial charge in [-0.05, 0) is 77.4 Å². The van der Waals surface area contributed by atoms with E-state index in [-0.39, 0.29) is 17.4 Å². The van der Waals surface area contributed by atoms with Crippen molar-refractivity contribution in [1.82, 2.24) is 15.2 Å². The molecule has 0 aliphatic carbocycles. The molecule has 4 aromatic rings. The summed E-state index contributed by atoms with van der Waals surface area (Å²) in [6.45, 7) is 8.70. The van der Waals surface area contributed by atoms with Crippen LogP contribution in [0.3, 0.4) is 0 Å². The first-order valence-corrected chi connectivity index (χ1v) is 14.9. The Bertz CT molecular complexity index is 1460. The van der Waals surface area contributed by atoms with Crippen molar-refractivity contribution in [3.8, 4) is 21.6 Å². The Morgan fingerprint density at radius 1 is 1.05 bits per heavy atom. The lowest BCUT2D eigenvalue weighted by Gasteiger charge is -2.33. The molecule has 2 aromatic heterocycles. The predicted molar refractivity (Wildman–Crippen MR) is 164 cm³/mol. The molecule has 5 rings (SSSR count). The molecule has 7 heteroatoms. The predicted octanol–water partition coefficient (Wildman–Crippen LogP) is 8.48. The Balaban J connectivity index is 1.26. The van der Waals surface area contributed by atoms with Crippen molar-refractivity contribution >= 4 is 40.4 Å². The van der Waals surface area contributed by atoms with Gasteiger partial charge in [0.15, 0.2) is 0 Å². The van der Waals surface area contributed by atoms with Crippen LogP contribution in [0.15, 0.2) is 72.2 Å². The van der Waals surface area contributed by atoms with Gasteiger partial charge >= 0.3 is 0 Å². The highest BCUT2D eigenvalue weighted by Gasteiger charge is 2.25. The lowest BCUT2D eigenvalue weighted by atomic mass is 9.90. The molecule has 0 saturated carbocycles. The van der Waals surface area contributed by atoms with Gasteiger partial charge in [0.05, 0.1) is 5.02 Å². The molecule has 1 aliphatic heterocycles. The first-order chi connectivity index (χ1) is 18.7. The molecule has 0 bridgehead atoms. The van der Waals surface area contributed by atoms with E-state index in [0.29, 0.717) is 17.1 Å². The van der Waals surface area contributed by atoms with E-state index in [1.807, 2.05) is 59.6 Å². The molecule has 0 radical (unpaired) electrons. The van der Waals surface area contributed by atoms with E-state index in [0.717, 1.165) is 58.2 Å². The first-order valence-electron chi connectivity index (χ1n) is 13.3. The summed E-state index contributed by atoms with van der Waals surface area (Å²) in [5.74, 6) is 0.0276. The molecule has 2 aromatic carbocycles. The molecule has 1 fully saturated rings. The van der Waals surface area contributed by atoms with Gasteiger partial charge in [0.1, 0.15) is 0 Å². The van der Waals surface area contributed by atoms with E-state index in [9.17, 15) is 4.79 Å². The number of nitrogens with one attached hydrogen (secondary N) is 1. The zero-order valence-corrected chi connectivity index (χ0v) is 24.8. The molecule has 1 saturated heterocycles. The number of likely N-dealkylation sites (tertiary alicyclic amines) is 1. The summed E-state index contributed by atoms with van der Waals surface area (Å²) in [5.41, 5.74) is 6.09. The van der Waals surface area contributed by atoms with Gasteiger partial charge in [-0.2, -0.15) is 0 Å². The molecule has 202 valence electrons. The Hall–Kier alpha value is -2.70. The van der Waals surface area contributed by atoms with Gasteiger partial charge in [-0.1, -0.05) is 62.2 Å². The Labute approximate surface area is 245 Å². The fourth-order valence-corrected chi connectivity index (χ4v) is 6.29. The van der Waals surface area contributed by atoms with Gasteiger partial charge < -0.3 is 10.2 Å². The maximum Gasteiger partial charge on any atom is 0.253 e. The maximum atomic E-state index is 13.4. The summed E-state index contributed by atoms with van der Waals surface area (Å²) in [4.78, 5) is 20.9. The van der Waals surface area contributed by atoms with Crippen LogP contribution in [0.4, 0.5) is 0 Å². The number of hydrogen-bond donors (Lipinski definition) is 1. The monoisotopic (exact) mass is 577 g/mol. The number of nitrogens with zero attached hydrogens (tertiary/aromatic N) is 2. The number of halogens is 2. The molecule has 39 heavy (non-hydrogen) atoms. The first kappa shape index (κ1) is 27.9. The van der Waals surface area contributed by atoms with Crippen LogP contribution in [0.2, 0.25) is 10.0 Å². The number of piperidine rings is 1. The van der Waals surface area contributed by atoms with Gasteiger partial charge in [-0.25, -0.2) is 0 Å². The van der Waals surface area contributed by atoms with Crippen molar-refractivity contribution in [2.75, 3.05) is 13.1 Å². The van der Waals surface area contributed by atoms with Crippen LogP contribution in [0.1, 0.15) is 55.2 Å². The largest absolute Gasteiger partial charge is 0.337 e. The van der Waals surface area contributed by atoms with Gasteiger partial charge in [-0.15, -0.1) is 11.3 Å². The maximum absolute atomic E-state index is 13.4. The minimum Gasteiger partial charge on any atom is -0.337 e. The quantitative estimate of drug-likeness (QED) is 0.250. The van der Waals surface area contributed by atoms with Crippen LogP contribution >= 0.6 is 34.5 Å². The summed E-state index contributed by atoms with van der Waals surface area (Å²) in [7, 11) is 0. The molecular formula is C32H33Cl2N3OS. The van der Waals surface area contributed by atoms with Crippen LogP contribution in [0.5, 0.6) is 0 Å². The highest BCUT2D eigenvalue weighted by molar-refractivity contribution is 7.14. The normalized spacial score (nSPS) is 15.9. The summed E-state index contributed by atoms with van der Waals surface area (Å²) in [6.07, 6.45) is 3.89. The number of thiophene rings is 1. The summed E-state index contributed by atoms with van der Waals surface area (Å²) >= 11 is 14.4. The number of hydrogen-bond acceptors (Lipinski definition) is 4. The number of amides is 1. The molecule has 4 nitrogen and oxygen atoms in total. The number of benzene rings is 2. The van der Waals surface area contributed by atoms with E-state index in [1.165, 1.54) is 5.56 Å². The van der Waals surface area contributed by atoms with Crippen LogP contribution in [-0.4, -0.2) is 34.9 Å². The third-order valence-corrected chi connectivity index (χ3v) is 8.69. The van der Waals surface area contributed by atoms with Crippen LogP contribution in [0.25, 0.3) is 21.6 Å². The number of pyridine rings is 1. The summed E-state index contributed by atoms with van der Waals surface area (Å²) < 4.78 is 0. The molecule has 1 N–H and O–H groups in total. The fraction of sp³-hybridized carbons (Fsp3) is 0.312. The molecule has 0 spiro atoms. The fourth-order valence-electron chi connectivity index (χ4n) is 4.87. The van der Waals surface area contributed by atoms with Gasteiger partial charge in [-0.3, -0.25) is 9.78 Å². The van der Waals surface area contributed by atoms with Crippen LogP contribution in [0, 0.1) is 0 Å². The van der Waals surface area contributed by atoms with Crippen molar-refractivity contribution in [3.05, 3.63) is 99.1 Å². The van der Waals surface area contributed by atoms with E-state index >= 15 is 0 Å². The zero-order valence-electron chi connectivity index (χ0n) is 22.5. The zero-order chi connectivity index (χ0) is 27.6. The second-order valence-corrected chi connectivity index (χ2v) is 12.9. The lowest BCUT2D eigenvalue weighted by molar-refractivity contribution is 0.0694. The van der Waals surface area contributed by atoms with E-state index in [4.69, 9.17) is 23.2 Å². The Morgan fingerprint density at radius 3 is 2.59 bits per heavy atom. The molecule has 0 unspecified atom stereocenters. The van der Waals surface area contributed by atoms with E-state index in [1.54, 1.807) is 11.3 Å². The Morgan fingerprint density at radius 2 is 1.85 bits per heavy atom. The third-order valence-electron chi connectivity index (χ3n) is 7.16. The average molecular weight is 579 g/mol. The molecule has 3 heterocycles. The average Bonchev–Trinajstić information content (AvgIpc) is 3.42. The van der Waals surface area contributed by atoms with E-state index in [2.05, 4.69) is 48.6 Å². The Kier molecular flexibility index (Phi) is 8.43. The lowest BCUT2D eigenvalue weighted by Crippen LogP contribution is -2.47. The van der Waals surface area contributed by atoms with Crippen LogP contribution in [-0.2, 0) is 12.0 Å². The van der Waals surface area contributed by atoms with Crippen LogP contribution < -0.4 is 5.32 Å². The SMILES string of the molecule is CC(C)(C)c1cc(-c2csc(-c3ccc(C(=O)N4CCC[C@@H](NCc5ccc(Cl)cc5)C4)cc3Cl)c2)ccn1. The second-order valence-electron chi connectivity index (χ2n) is 11.2.